The molecule has 0 radical (unpaired) electrons. The first kappa shape index (κ1) is 14.2. The number of benzene rings is 1. The van der Waals surface area contributed by atoms with Gasteiger partial charge in [0.15, 0.2) is 0 Å². The van der Waals surface area contributed by atoms with Gasteiger partial charge < -0.3 is 0 Å². The fraction of sp³-hybridized carbons (Fsp3) is 0.500. The van der Waals surface area contributed by atoms with Gasteiger partial charge in [0.1, 0.15) is 0 Å². The molecule has 1 aromatic rings. The number of nitrogens with zero attached hydrogens (tertiary/aromatic N) is 3. The van der Waals surface area contributed by atoms with E-state index in [1.807, 2.05) is 6.07 Å². The fourth-order valence-electron chi connectivity index (χ4n) is 3.10. The minimum atomic E-state index is -0.235. The van der Waals surface area contributed by atoms with Gasteiger partial charge in [0.2, 0.25) is 11.8 Å². The lowest BCUT2D eigenvalue weighted by Crippen LogP contribution is -2.52. The minimum Gasteiger partial charge on any atom is -0.297 e. The first-order valence-corrected chi connectivity index (χ1v) is 7.46. The summed E-state index contributed by atoms with van der Waals surface area (Å²) in [6.07, 6.45) is 0.341. The summed E-state index contributed by atoms with van der Waals surface area (Å²) in [6.45, 7) is 4.54. The molecule has 2 saturated heterocycles. The van der Waals surface area contributed by atoms with Crippen LogP contribution in [0, 0.1) is 0 Å². The summed E-state index contributed by atoms with van der Waals surface area (Å²) in [6, 6.07) is 10.2. The summed E-state index contributed by atoms with van der Waals surface area (Å²) < 4.78 is 0. The van der Waals surface area contributed by atoms with Crippen molar-refractivity contribution in [2.24, 2.45) is 0 Å². The molecule has 0 N–H and O–H groups in total. The Balaban J connectivity index is 1.54. The third-order valence-electron chi connectivity index (χ3n) is 4.45. The van der Waals surface area contributed by atoms with E-state index in [0.717, 1.165) is 32.7 Å². The van der Waals surface area contributed by atoms with Crippen molar-refractivity contribution in [3.05, 3.63) is 35.9 Å². The van der Waals surface area contributed by atoms with Crippen LogP contribution in [-0.4, -0.2) is 65.8 Å². The Morgan fingerprint density at radius 2 is 1.71 bits per heavy atom. The average Bonchev–Trinajstić information content (AvgIpc) is 2.77. The minimum absolute atomic E-state index is 0.0449. The number of carbonyl (C=O) groups is 2. The van der Waals surface area contributed by atoms with Crippen LogP contribution in [-0.2, 0) is 16.1 Å². The summed E-state index contributed by atoms with van der Waals surface area (Å²) in [7, 11) is 1.58. The van der Waals surface area contributed by atoms with Crippen molar-refractivity contribution in [1.82, 2.24) is 14.7 Å². The highest BCUT2D eigenvalue weighted by atomic mass is 16.2. The molecule has 1 aromatic carbocycles. The maximum Gasteiger partial charge on any atom is 0.246 e. The maximum atomic E-state index is 12.0. The van der Waals surface area contributed by atoms with Crippen LogP contribution < -0.4 is 0 Å². The predicted molar refractivity (Wildman–Crippen MR) is 79.5 cm³/mol. The molecular formula is C16H21N3O2. The summed E-state index contributed by atoms with van der Waals surface area (Å²) in [4.78, 5) is 29.5. The lowest BCUT2D eigenvalue weighted by atomic mass is 10.1. The zero-order valence-electron chi connectivity index (χ0n) is 12.4. The van der Waals surface area contributed by atoms with E-state index in [2.05, 4.69) is 34.1 Å². The van der Waals surface area contributed by atoms with E-state index < -0.39 is 0 Å². The molecule has 112 valence electrons. The Morgan fingerprint density at radius 3 is 2.29 bits per heavy atom. The molecule has 0 unspecified atom stereocenters. The second kappa shape index (κ2) is 5.95. The normalized spacial score (nSPS) is 24.8. The van der Waals surface area contributed by atoms with Crippen LogP contribution in [0.2, 0.25) is 0 Å². The molecule has 2 amide bonds. The molecule has 3 rings (SSSR count). The number of amides is 2. The topological polar surface area (TPSA) is 43.9 Å². The van der Waals surface area contributed by atoms with Gasteiger partial charge in [-0.25, -0.2) is 0 Å². The highest BCUT2D eigenvalue weighted by Crippen LogP contribution is 2.19. The SMILES string of the molecule is CN1C(=O)C[C@@H](N2CCN(Cc3ccccc3)CC2)C1=O. The summed E-state index contributed by atoms with van der Waals surface area (Å²) in [5.41, 5.74) is 1.32. The molecule has 5 heteroatoms. The molecule has 0 saturated carbocycles. The quantitative estimate of drug-likeness (QED) is 0.762. The molecule has 0 aromatic heterocycles. The van der Waals surface area contributed by atoms with Crippen molar-refractivity contribution >= 4 is 11.8 Å². The number of imide groups is 1. The summed E-state index contributed by atoms with van der Waals surface area (Å²) in [5.74, 6) is -0.103. The van der Waals surface area contributed by atoms with E-state index in [1.54, 1.807) is 7.05 Å². The van der Waals surface area contributed by atoms with E-state index >= 15 is 0 Å². The van der Waals surface area contributed by atoms with Crippen molar-refractivity contribution in [1.29, 1.82) is 0 Å². The Hall–Kier alpha value is -1.72. The van der Waals surface area contributed by atoms with Gasteiger partial charge in [0, 0.05) is 39.8 Å². The van der Waals surface area contributed by atoms with Crippen molar-refractivity contribution in [3.8, 4) is 0 Å². The van der Waals surface area contributed by atoms with Crippen LogP contribution in [0.5, 0.6) is 0 Å². The van der Waals surface area contributed by atoms with E-state index in [-0.39, 0.29) is 17.9 Å². The van der Waals surface area contributed by atoms with Gasteiger partial charge >= 0.3 is 0 Å². The van der Waals surface area contributed by atoms with Crippen LogP contribution in [0.3, 0.4) is 0 Å². The number of likely N-dealkylation sites (tertiary alicyclic amines) is 1. The van der Waals surface area contributed by atoms with Crippen LogP contribution in [0.25, 0.3) is 0 Å². The Bertz CT molecular complexity index is 524. The van der Waals surface area contributed by atoms with Crippen molar-refractivity contribution < 1.29 is 9.59 Å². The maximum absolute atomic E-state index is 12.0. The molecule has 2 aliphatic rings. The Labute approximate surface area is 125 Å². The number of carbonyl (C=O) groups excluding carboxylic acids is 2. The zero-order valence-corrected chi connectivity index (χ0v) is 12.4. The highest BCUT2D eigenvalue weighted by molar-refractivity contribution is 6.05. The number of hydrogen-bond donors (Lipinski definition) is 0. The molecular weight excluding hydrogens is 266 g/mol. The van der Waals surface area contributed by atoms with E-state index in [9.17, 15) is 9.59 Å². The number of rotatable bonds is 3. The van der Waals surface area contributed by atoms with Crippen LogP contribution in [0.15, 0.2) is 30.3 Å². The predicted octanol–water partition coefficient (Wildman–Crippen LogP) is 0.561. The van der Waals surface area contributed by atoms with Gasteiger partial charge in [-0.1, -0.05) is 30.3 Å². The lowest BCUT2D eigenvalue weighted by Gasteiger charge is -2.36. The molecule has 1 atom stereocenters. The molecule has 21 heavy (non-hydrogen) atoms. The third kappa shape index (κ3) is 2.99. The van der Waals surface area contributed by atoms with Gasteiger partial charge in [-0.15, -0.1) is 0 Å². The van der Waals surface area contributed by atoms with Gasteiger partial charge in [-0.2, -0.15) is 0 Å². The smallest absolute Gasteiger partial charge is 0.246 e. The monoisotopic (exact) mass is 287 g/mol. The van der Waals surface area contributed by atoms with Gasteiger partial charge in [0.05, 0.1) is 12.5 Å². The third-order valence-corrected chi connectivity index (χ3v) is 4.45. The van der Waals surface area contributed by atoms with Crippen molar-refractivity contribution in [2.45, 2.75) is 19.0 Å². The highest BCUT2D eigenvalue weighted by Gasteiger charge is 2.40. The Morgan fingerprint density at radius 1 is 1.05 bits per heavy atom. The largest absolute Gasteiger partial charge is 0.297 e. The molecule has 2 fully saturated rings. The molecule has 0 bridgehead atoms. The lowest BCUT2D eigenvalue weighted by molar-refractivity contribution is -0.138. The average molecular weight is 287 g/mol. The van der Waals surface area contributed by atoms with Gasteiger partial charge in [-0.3, -0.25) is 24.3 Å². The first-order chi connectivity index (χ1) is 10.1. The zero-order chi connectivity index (χ0) is 14.8. The standard InChI is InChI=1S/C16H21N3O2/c1-17-15(20)11-14(16(17)21)19-9-7-18(8-10-19)12-13-5-3-2-4-6-13/h2-6,14H,7-12H2,1H3/t14-/m1/s1. The van der Waals surface area contributed by atoms with Gasteiger partial charge in [-0.05, 0) is 5.56 Å². The second-order valence-corrected chi connectivity index (χ2v) is 5.81. The van der Waals surface area contributed by atoms with Crippen LogP contribution in [0.4, 0.5) is 0 Å². The van der Waals surface area contributed by atoms with Crippen LogP contribution in [0.1, 0.15) is 12.0 Å². The van der Waals surface area contributed by atoms with E-state index in [0.29, 0.717) is 6.42 Å². The van der Waals surface area contributed by atoms with Crippen LogP contribution >= 0.6 is 0 Å². The van der Waals surface area contributed by atoms with E-state index in [1.165, 1.54) is 10.5 Å². The first-order valence-electron chi connectivity index (χ1n) is 7.46. The second-order valence-electron chi connectivity index (χ2n) is 5.81. The molecule has 0 spiro atoms. The fourth-order valence-corrected chi connectivity index (χ4v) is 3.10. The number of likely N-dealkylation sites (N-methyl/N-ethyl adjacent to an activating group) is 1. The number of piperazine rings is 1. The van der Waals surface area contributed by atoms with Crippen molar-refractivity contribution in [3.63, 3.8) is 0 Å². The van der Waals surface area contributed by atoms with Gasteiger partial charge in [0.25, 0.3) is 0 Å². The molecule has 0 aliphatic carbocycles. The summed E-state index contributed by atoms with van der Waals surface area (Å²) in [5, 5.41) is 0. The molecule has 5 nitrogen and oxygen atoms in total. The Kier molecular flexibility index (Phi) is 4.03. The summed E-state index contributed by atoms with van der Waals surface area (Å²) >= 11 is 0. The molecule has 2 heterocycles. The van der Waals surface area contributed by atoms with E-state index in [4.69, 9.17) is 0 Å². The van der Waals surface area contributed by atoms with Crippen molar-refractivity contribution in [2.75, 3.05) is 33.2 Å². The molecule has 2 aliphatic heterocycles. The number of hydrogen-bond acceptors (Lipinski definition) is 4.